The first kappa shape index (κ1) is 12.1. The second-order valence-electron chi connectivity index (χ2n) is 3.89. The number of thiol groups is 1. The molecule has 1 heterocycles. The summed E-state index contributed by atoms with van der Waals surface area (Å²) in [6, 6.07) is 3.73. The summed E-state index contributed by atoms with van der Waals surface area (Å²) in [4.78, 5) is 13.2. The van der Waals surface area contributed by atoms with Crippen LogP contribution in [0.5, 0.6) is 11.5 Å². The number of carbonyl (C=O) groups excluding carboxylic acids is 1. The second kappa shape index (κ2) is 4.87. The summed E-state index contributed by atoms with van der Waals surface area (Å²) in [6.07, 6.45) is 0. The Bertz CT molecular complexity index is 448. The van der Waals surface area contributed by atoms with Gasteiger partial charge in [-0.2, -0.15) is 12.6 Å². The highest BCUT2D eigenvalue weighted by molar-refractivity contribution is 7.81. The summed E-state index contributed by atoms with van der Waals surface area (Å²) in [7, 11) is 1.73. The second-order valence-corrected chi connectivity index (χ2v) is 4.21. The maximum atomic E-state index is 11.6. The molecule has 1 amide bonds. The molecule has 0 bridgehead atoms. The maximum absolute atomic E-state index is 11.6. The van der Waals surface area contributed by atoms with Crippen molar-refractivity contribution < 1.29 is 14.3 Å². The quantitative estimate of drug-likeness (QED) is 0.815. The van der Waals surface area contributed by atoms with Crippen molar-refractivity contribution in [1.82, 2.24) is 0 Å². The highest BCUT2D eigenvalue weighted by atomic mass is 32.1. The Kier molecular flexibility index (Phi) is 3.47. The fourth-order valence-corrected chi connectivity index (χ4v) is 1.99. The molecule has 1 aromatic carbocycles. The normalized spacial score (nSPS) is 13.4. The van der Waals surface area contributed by atoms with Crippen molar-refractivity contribution in [3.8, 4) is 11.5 Å². The van der Waals surface area contributed by atoms with E-state index in [2.05, 4.69) is 12.6 Å². The lowest BCUT2D eigenvalue weighted by molar-refractivity contribution is -0.115. The summed E-state index contributed by atoms with van der Waals surface area (Å²) in [5, 5.41) is 0. The van der Waals surface area contributed by atoms with E-state index < -0.39 is 0 Å². The van der Waals surface area contributed by atoms with Crippen molar-refractivity contribution in [3.05, 3.63) is 17.7 Å². The Morgan fingerprint density at radius 2 is 1.94 bits per heavy atom. The van der Waals surface area contributed by atoms with Crippen molar-refractivity contribution in [2.24, 2.45) is 0 Å². The predicted molar refractivity (Wildman–Crippen MR) is 69.4 cm³/mol. The standard InChI is InChI=1S/C12H15NO3S/c1-8-5-10-11(16-4-3-15-10)6-9(8)13(2)12(14)7-17/h5-6,17H,3-4,7H2,1-2H3. The number of anilines is 1. The van der Waals surface area contributed by atoms with Gasteiger partial charge in [0.15, 0.2) is 11.5 Å². The molecule has 0 aliphatic carbocycles. The van der Waals surface area contributed by atoms with Crippen molar-refractivity contribution >= 4 is 24.2 Å². The van der Waals surface area contributed by atoms with E-state index in [9.17, 15) is 4.79 Å². The van der Waals surface area contributed by atoms with Crippen molar-refractivity contribution in [2.45, 2.75) is 6.92 Å². The van der Waals surface area contributed by atoms with Gasteiger partial charge in [0.1, 0.15) is 13.2 Å². The molecule has 2 rings (SSSR count). The van der Waals surface area contributed by atoms with Crippen LogP contribution in [0, 0.1) is 6.92 Å². The molecular formula is C12H15NO3S. The Labute approximate surface area is 106 Å². The third-order valence-electron chi connectivity index (χ3n) is 2.73. The minimum Gasteiger partial charge on any atom is -0.486 e. The van der Waals surface area contributed by atoms with Gasteiger partial charge in [0.05, 0.1) is 11.4 Å². The van der Waals surface area contributed by atoms with Crippen molar-refractivity contribution in [3.63, 3.8) is 0 Å². The number of nitrogens with zero attached hydrogens (tertiary/aromatic N) is 1. The minimum absolute atomic E-state index is 0.0480. The number of fused-ring (bicyclic) bond motifs is 1. The summed E-state index contributed by atoms with van der Waals surface area (Å²) in [6.45, 7) is 3.05. The van der Waals surface area contributed by atoms with Crippen LogP contribution in [0.15, 0.2) is 12.1 Å². The first-order valence-electron chi connectivity index (χ1n) is 5.41. The van der Waals surface area contributed by atoms with Gasteiger partial charge in [-0.05, 0) is 18.6 Å². The molecule has 1 aliphatic heterocycles. The van der Waals surface area contributed by atoms with Gasteiger partial charge in [-0.25, -0.2) is 0 Å². The van der Waals surface area contributed by atoms with E-state index in [1.807, 2.05) is 19.1 Å². The van der Waals surface area contributed by atoms with Crippen LogP contribution in [0.25, 0.3) is 0 Å². The third-order valence-corrected chi connectivity index (χ3v) is 3.00. The van der Waals surface area contributed by atoms with Gasteiger partial charge in [-0.15, -0.1) is 0 Å². The number of aryl methyl sites for hydroxylation is 1. The summed E-state index contributed by atoms with van der Waals surface area (Å²) < 4.78 is 11.0. The van der Waals surface area contributed by atoms with Crippen molar-refractivity contribution in [2.75, 3.05) is 30.9 Å². The Balaban J connectivity index is 2.37. The van der Waals surface area contributed by atoms with E-state index in [1.165, 1.54) is 0 Å². The van der Waals surface area contributed by atoms with E-state index in [1.54, 1.807) is 11.9 Å². The van der Waals surface area contributed by atoms with Gasteiger partial charge >= 0.3 is 0 Å². The van der Waals surface area contributed by atoms with Gasteiger partial charge in [0, 0.05) is 13.1 Å². The topological polar surface area (TPSA) is 38.8 Å². The van der Waals surface area contributed by atoms with Crippen LogP contribution >= 0.6 is 12.6 Å². The minimum atomic E-state index is -0.0480. The maximum Gasteiger partial charge on any atom is 0.236 e. The van der Waals surface area contributed by atoms with Crippen LogP contribution in [-0.2, 0) is 4.79 Å². The number of hydrogen-bond acceptors (Lipinski definition) is 4. The predicted octanol–water partition coefficient (Wildman–Crippen LogP) is 1.66. The Morgan fingerprint density at radius 1 is 1.35 bits per heavy atom. The Morgan fingerprint density at radius 3 is 2.53 bits per heavy atom. The summed E-state index contributed by atoms with van der Waals surface area (Å²) in [5.74, 6) is 1.57. The van der Waals surface area contributed by atoms with Gasteiger partial charge in [0.2, 0.25) is 5.91 Å². The van der Waals surface area contributed by atoms with E-state index in [4.69, 9.17) is 9.47 Å². The molecule has 5 heteroatoms. The summed E-state index contributed by atoms with van der Waals surface area (Å²) >= 11 is 3.99. The largest absolute Gasteiger partial charge is 0.486 e. The molecular weight excluding hydrogens is 238 g/mol. The van der Waals surface area contributed by atoms with E-state index in [0.717, 1.165) is 17.0 Å². The lowest BCUT2D eigenvalue weighted by Crippen LogP contribution is -2.28. The van der Waals surface area contributed by atoms with Gasteiger partial charge in [-0.3, -0.25) is 4.79 Å². The van der Waals surface area contributed by atoms with Crippen LogP contribution < -0.4 is 14.4 Å². The van der Waals surface area contributed by atoms with Crippen LogP contribution in [0.4, 0.5) is 5.69 Å². The fraction of sp³-hybridized carbons (Fsp3) is 0.417. The van der Waals surface area contributed by atoms with Crippen LogP contribution in [0.3, 0.4) is 0 Å². The molecule has 0 saturated carbocycles. The van der Waals surface area contributed by atoms with Gasteiger partial charge < -0.3 is 14.4 Å². The molecule has 0 atom stereocenters. The molecule has 0 unspecified atom stereocenters. The molecule has 1 aromatic rings. The molecule has 1 aliphatic rings. The van der Waals surface area contributed by atoms with E-state index in [0.29, 0.717) is 19.0 Å². The molecule has 0 saturated heterocycles. The number of hydrogen-bond donors (Lipinski definition) is 1. The first-order chi connectivity index (χ1) is 8.13. The number of rotatable bonds is 2. The average molecular weight is 253 g/mol. The molecule has 0 spiro atoms. The van der Waals surface area contributed by atoms with Gasteiger partial charge in [0.25, 0.3) is 0 Å². The molecule has 17 heavy (non-hydrogen) atoms. The lowest BCUT2D eigenvalue weighted by Gasteiger charge is -2.24. The zero-order valence-electron chi connectivity index (χ0n) is 9.90. The average Bonchev–Trinajstić information content (AvgIpc) is 2.36. The van der Waals surface area contributed by atoms with Crippen molar-refractivity contribution in [1.29, 1.82) is 0 Å². The van der Waals surface area contributed by atoms with Crippen LogP contribution in [0.2, 0.25) is 0 Å². The Hall–Kier alpha value is -1.36. The summed E-state index contributed by atoms with van der Waals surface area (Å²) in [5.41, 5.74) is 1.81. The zero-order valence-corrected chi connectivity index (χ0v) is 10.8. The monoisotopic (exact) mass is 253 g/mol. The van der Waals surface area contributed by atoms with Crippen LogP contribution in [0.1, 0.15) is 5.56 Å². The zero-order chi connectivity index (χ0) is 12.4. The SMILES string of the molecule is Cc1cc2c(cc1N(C)C(=O)CS)OCCO2. The van der Waals surface area contributed by atoms with Crippen LogP contribution in [-0.4, -0.2) is 31.9 Å². The highest BCUT2D eigenvalue weighted by Gasteiger charge is 2.18. The smallest absolute Gasteiger partial charge is 0.236 e. The molecule has 0 fully saturated rings. The van der Waals surface area contributed by atoms with Gasteiger partial charge in [-0.1, -0.05) is 0 Å². The molecule has 92 valence electrons. The number of carbonyl (C=O) groups is 1. The molecule has 0 N–H and O–H groups in total. The fourth-order valence-electron chi connectivity index (χ4n) is 1.78. The number of ether oxygens (including phenoxy) is 2. The highest BCUT2D eigenvalue weighted by Crippen LogP contribution is 2.36. The van der Waals surface area contributed by atoms with E-state index >= 15 is 0 Å². The lowest BCUT2D eigenvalue weighted by atomic mass is 10.1. The molecule has 4 nitrogen and oxygen atoms in total. The molecule has 0 radical (unpaired) electrons. The first-order valence-corrected chi connectivity index (χ1v) is 6.04. The third kappa shape index (κ3) is 2.34. The molecule has 0 aromatic heterocycles. The number of benzene rings is 1. The number of amides is 1. The van der Waals surface area contributed by atoms with E-state index in [-0.39, 0.29) is 11.7 Å².